The van der Waals surface area contributed by atoms with Gasteiger partial charge in [0, 0.05) is 24.0 Å². The number of aromatic nitrogens is 1. The molecule has 0 fully saturated rings. The number of fused-ring (bicyclic) bond motifs is 1. The number of aliphatic carboxylic acids is 1. The van der Waals surface area contributed by atoms with Crippen molar-refractivity contribution in [2.24, 2.45) is 0 Å². The summed E-state index contributed by atoms with van der Waals surface area (Å²) in [5.74, 6) is -0.821. The minimum absolute atomic E-state index is 0.237. The highest BCUT2D eigenvalue weighted by Gasteiger charge is 2.40. The summed E-state index contributed by atoms with van der Waals surface area (Å²) < 4.78 is 11.4. The number of rotatable bonds is 6. The van der Waals surface area contributed by atoms with Gasteiger partial charge < -0.3 is 19.5 Å². The maximum absolute atomic E-state index is 12.5. The second-order valence-corrected chi connectivity index (χ2v) is 6.99. The molecule has 0 aliphatic carbocycles. The lowest BCUT2D eigenvalue weighted by atomic mass is 9.79. The third-order valence-electron chi connectivity index (χ3n) is 5.38. The number of methoxy groups -OCH3 is 1. The molecule has 3 rings (SSSR count). The van der Waals surface area contributed by atoms with Gasteiger partial charge in [-0.3, -0.25) is 0 Å². The van der Waals surface area contributed by atoms with Crippen LogP contribution in [0.2, 0.25) is 0 Å². The fourth-order valence-electron chi connectivity index (χ4n) is 4.14. The quantitative estimate of drug-likeness (QED) is 0.773. The Bertz CT molecular complexity index is 1070. The highest BCUT2D eigenvalue weighted by Crippen LogP contribution is 2.51. The average molecular weight is 407 g/mol. The summed E-state index contributed by atoms with van der Waals surface area (Å²) in [7, 11) is 1.51. The molecular weight excluding hydrogens is 382 g/mol. The lowest BCUT2D eigenvalue weighted by Gasteiger charge is -2.38. The van der Waals surface area contributed by atoms with E-state index in [1.165, 1.54) is 7.11 Å². The fraction of sp³-hybridized carbons (Fsp3) is 0.348. The maximum Gasteiger partial charge on any atom is 0.334 e. The molecule has 1 N–H and O–H groups in total. The number of hydrogen-bond donors (Lipinski definition) is 1. The SMILES string of the molecule is CCOc1ncc(C)c2c1[C@H](c1ccc(C#N)cc1OC)C(C(=O)O)=C(C)N2CC. The topological polar surface area (TPSA) is 95.7 Å². The van der Waals surface area contributed by atoms with Gasteiger partial charge in [0.2, 0.25) is 5.88 Å². The number of carboxylic acids is 1. The number of hydrogen-bond acceptors (Lipinski definition) is 6. The number of aryl methyl sites for hydroxylation is 1. The smallest absolute Gasteiger partial charge is 0.334 e. The number of carboxylic acid groups (broad SMARTS) is 1. The Morgan fingerprint density at radius 3 is 2.63 bits per heavy atom. The lowest BCUT2D eigenvalue weighted by Crippen LogP contribution is -2.33. The number of ether oxygens (including phenoxy) is 2. The Hall–Kier alpha value is -3.53. The Morgan fingerprint density at radius 2 is 2.07 bits per heavy atom. The van der Waals surface area contributed by atoms with Crippen molar-refractivity contribution in [1.82, 2.24) is 4.98 Å². The van der Waals surface area contributed by atoms with Crippen LogP contribution >= 0.6 is 0 Å². The molecule has 0 saturated carbocycles. The first kappa shape index (κ1) is 21.2. The molecule has 2 aromatic rings. The van der Waals surface area contributed by atoms with Gasteiger partial charge in [-0.25, -0.2) is 9.78 Å². The molecule has 1 aromatic heterocycles. The zero-order chi connectivity index (χ0) is 22.0. The van der Waals surface area contributed by atoms with Crippen LogP contribution in [0.15, 0.2) is 35.7 Å². The summed E-state index contributed by atoms with van der Waals surface area (Å²) in [6.07, 6.45) is 1.75. The van der Waals surface area contributed by atoms with Crippen LogP contribution in [0.5, 0.6) is 11.6 Å². The number of nitriles is 1. The van der Waals surface area contributed by atoms with Crippen LogP contribution in [0.1, 0.15) is 48.9 Å². The van der Waals surface area contributed by atoms with E-state index in [1.807, 2.05) is 32.6 Å². The minimum Gasteiger partial charge on any atom is -0.496 e. The third-order valence-corrected chi connectivity index (χ3v) is 5.38. The van der Waals surface area contributed by atoms with Gasteiger partial charge in [-0.1, -0.05) is 6.07 Å². The van der Waals surface area contributed by atoms with Gasteiger partial charge >= 0.3 is 5.97 Å². The molecule has 0 radical (unpaired) electrons. The van der Waals surface area contributed by atoms with E-state index in [-0.39, 0.29) is 5.57 Å². The van der Waals surface area contributed by atoms with Crippen molar-refractivity contribution in [1.29, 1.82) is 5.26 Å². The van der Waals surface area contributed by atoms with Crippen LogP contribution in [0.25, 0.3) is 0 Å². The van der Waals surface area contributed by atoms with Gasteiger partial charge in [-0.2, -0.15) is 5.26 Å². The number of anilines is 1. The van der Waals surface area contributed by atoms with Crippen molar-refractivity contribution in [3.05, 3.63) is 57.9 Å². The van der Waals surface area contributed by atoms with E-state index in [9.17, 15) is 15.2 Å². The first-order valence-corrected chi connectivity index (χ1v) is 9.81. The molecule has 30 heavy (non-hydrogen) atoms. The molecule has 0 saturated heterocycles. The van der Waals surface area contributed by atoms with Crippen molar-refractivity contribution >= 4 is 11.7 Å². The molecule has 7 nitrogen and oxygen atoms in total. The van der Waals surface area contributed by atoms with Gasteiger partial charge in [0.05, 0.1) is 48.1 Å². The molecule has 1 aliphatic rings. The summed E-state index contributed by atoms with van der Waals surface area (Å²) in [6.45, 7) is 8.62. The standard InChI is InChI=1S/C23H25N3O4/c1-6-26-14(4)18(23(27)28)19(16-9-8-15(11-24)10-17(16)29-5)20-21(26)13(3)12-25-22(20)30-7-2/h8-10,12,19H,6-7H2,1-5H3,(H,27,28)/t19-/m1/s1. The summed E-state index contributed by atoms with van der Waals surface area (Å²) in [5.41, 5.74) is 4.51. The largest absolute Gasteiger partial charge is 0.496 e. The van der Waals surface area contributed by atoms with Crippen molar-refractivity contribution in [2.75, 3.05) is 25.2 Å². The highest BCUT2D eigenvalue weighted by molar-refractivity contribution is 5.94. The first-order chi connectivity index (χ1) is 14.4. The molecule has 0 bridgehead atoms. The van der Waals surface area contributed by atoms with E-state index >= 15 is 0 Å². The Balaban J connectivity index is 2.44. The monoisotopic (exact) mass is 407 g/mol. The van der Waals surface area contributed by atoms with Gasteiger partial charge in [-0.05, 0) is 45.4 Å². The zero-order valence-corrected chi connectivity index (χ0v) is 17.8. The summed E-state index contributed by atoms with van der Waals surface area (Å²) in [5, 5.41) is 19.5. The average Bonchev–Trinajstić information content (AvgIpc) is 2.74. The number of allylic oxidation sites excluding steroid dienone is 1. The Kier molecular flexibility index (Phi) is 5.97. The summed E-state index contributed by atoms with van der Waals surface area (Å²) in [6, 6.07) is 7.14. The zero-order valence-electron chi connectivity index (χ0n) is 17.8. The lowest BCUT2D eigenvalue weighted by molar-refractivity contribution is -0.133. The summed E-state index contributed by atoms with van der Waals surface area (Å²) in [4.78, 5) is 18.9. The number of pyridine rings is 1. The predicted octanol–water partition coefficient (Wildman–Crippen LogP) is 4.00. The van der Waals surface area contributed by atoms with E-state index in [1.54, 1.807) is 24.4 Å². The van der Waals surface area contributed by atoms with Crippen LogP contribution in [0.4, 0.5) is 5.69 Å². The van der Waals surface area contributed by atoms with Gasteiger partial charge in [0.15, 0.2) is 0 Å². The van der Waals surface area contributed by atoms with Gasteiger partial charge in [0.25, 0.3) is 0 Å². The van der Waals surface area contributed by atoms with Crippen molar-refractivity contribution in [2.45, 2.75) is 33.6 Å². The van der Waals surface area contributed by atoms with Gasteiger partial charge in [-0.15, -0.1) is 0 Å². The van der Waals surface area contributed by atoms with Crippen LogP contribution in [0.3, 0.4) is 0 Å². The van der Waals surface area contributed by atoms with Crippen LogP contribution in [0, 0.1) is 18.3 Å². The normalized spacial score (nSPS) is 15.5. The summed E-state index contributed by atoms with van der Waals surface area (Å²) >= 11 is 0. The second kappa shape index (κ2) is 8.46. The second-order valence-electron chi connectivity index (χ2n) is 6.99. The van der Waals surface area contributed by atoms with E-state index in [0.717, 1.165) is 11.3 Å². The minimum atomic E-state index is -1.02. The molecular formula is C23H25N3O4. The molecule has 1 aliphatic heterocycles. The Morgan fingerprint density at radius 1 is 1.33 bits per heavy atom. The van der Waals surface area contributed by atoms with Crippen molar-refractivity contribution < 1.29 is 19.4 Å². The van der Waals surface area contributed by atoms with E-state index in [4.69, 9.17) is 9.47 Å². The molecule has 1 aromatic carbocycles. The maximum atomic E-state index is 12.5. The Labute approximate surface area is 176 Å². The number of carbonyl (C=O) groups is 1. The number of nitrogens with zero attached hydrogens (tertiary/aromatic N) is 3. The third kappa shape index (κ3) is 3.35. The van der Waals surface area contributed by atoms with Crippen molar-refractivity contribution in [3.8, 4) is 17.7 Å². The van der Waals surface area contributed by atoms with Gasteiger partial charge in [0.1, 0.15) is 5.75 Å². The van der Waals surface area contributed by atoms with Crippen LogP contribution in [-0.2, 0) is 4.79 Å². The predicted molar refractivity (Wildman–Crippen MR) is 113 cm³/mol. The van der Waals surface area contributed by atoms with Crippen LogP contribution < -0.4 is 14.4 Å². The number of benzene rings is 1. The van der Waals surface area contributed by atoms with E-state index < -0.39 is 11.9 Å². The van der Waals surface area contributed by atoms with E-state index in [0.29, 0.717) is 47.2 Å². The molecule has 1 atom stereocenters. The van der Waals surface area contributed by atoms with Crippen molar-refractivity contribution in [3.63, 3.8) is 0 Å². The molecule has 2 heterocycles. The molecule has 0 unspecified atom stereocenters. The molecule has 156 valence electrons. The highest BCUT2D eigenvalue weighted by atomic mass is 16.5. The van der Waals surface area contributed by atoms with Crippen LogP contribution in [-0.4, -0.2) is 36.3 Å². The fourth-order valence-corrected chi connectivity index (χ4v) is 4.14. The molecule has 7 heteroatoms. The molecule has 0 amide bonds. The first-order valence-electron chi connectivity index (χ1n) is 9.81. The molecule has 0 spiro atoms. The van der Waals surface area contributed by atoms with E-state index in [2.05, 4.69) is 11.1 Å².